The molecule has 0 aliphatic rings. The van der Waals surface area contributed by atoms with Crippen molar-refractivity contribution in [3.63, 3.8) is 0 Å². The Bertz CT molecular complexity index is 401. The number of hydrogen-bond acceptors (Lipinski definition) is 5. The van der Waals surface area contributed by atoms with Gasteiger partial charge in [-0.2, -0.15) is 18.4 Å². The van der Waals surface area contributed by atoms with E-state index < -0.39 is 17.8 Å². The molecule has 8 heteroatoms. The third-order valence-corrected chi connectivity index (χ3v) is 2.72. The average Bonchev–Trinajstić information content (AvgIpc) is 2.19. The summed E-state index contributed by atoms with van der Waals surface area (Å²) in [6, 6.07) is 1.20. The lowest BCUT2D eigenvalue weighted by atomic mass is 10.2. The van der Waals surface area contributed by atoms with Crippen LogP contribution in [0.3, 0.4) is 0 Å². The lowest BCUT2D eigenvalue weighted by Crippen LogP contribution is -2.23. The minimum Gasteiger partial charge on any atom is -0.381 e. The van der Waals surface area contributed by atoms with Crippen molar-refractivity contribution < 1.29 is 13.2 Å². The highest BCUT2D eigenvalue weighted by Gasteiger charge is 2.39. The van der Waals surface area contributed by atoms with Gasteiger partial charge in [-0.25, -0.2) is 9.97 Å². The molecule has 0 amide bonds. The molecule has 0 aliphatic heterocycles. The first-order chi connectivity index (χ1) is 7.45. The van der Waals surface area contributed by atoms with E-state index >= 15 is 0 Å². The van der Waals surface area contributed by atoms with Gasteiger partial charge in [-0.15, -0.1) is 11.8 Å². The molecule has 1 aromatic rings. The number of nitrogen functional groups attached to an aromatic ring is 1. The zero-order valence-electron chi connectivity index (χ0n) is 7.90. The fraction of sp³-hybridized carbons (Fsp3) is 0.375. The van der Waals surface area contributed by atoms with Crippen LogP contribution in [0.2, 0.25) is 0 Å². The van der Waals surface area contributed by atoms with Crippen LogP contribution in [0, 0.1) is 17.2 Å². The van der Waals surface area contributed by atoms with Crippen molar-refractivity contribution in [1.82, 2.24) is 9.97 Å². The molecule has 2 N–H and O–H groups in total. The molecule has 1 atom stereocenters. The molecular formula is C8H7F3N4S. The van der Waals surface area contributed by atoms with E-state index in [1.807, 2.05) is 0 Å². The van der Waals surface area contributed by atoms with Gasteiger partial charge in [0.05, 0.1) is 6.07 Å². The third-order valence-electron chi connectivity index (χ3n) is 1.63. The lowest BCUT2D eigenvalue weighted by Gasteiger charge is -2.12. The Hall–Kier alpha value is -1.49. The number of rotatable bonds is 3. The molecule has 0 aromatic carbocycles. The normalized spacial score (nSPS) is 13.1. The number of aromatic nitrogens is 2. The van der Waals surface area contributed by atoms with E-state index in [0.29, 0.717) is 0 Å². The first kappa shape index (κ1) is 12.6. The smallest absolute Gasteiger partial charge is 0.381 e. The van der Waals surface area contributed by atoms with Crippen LogP contribution in [0.5, 0.6) is 0 Å². The summed E-state index contributed by atoms with van der Waals surface area (Å²) in [5.41, 5.74) is 5.40. The molecule has 0 radical (unpaired) electrons. The van der Waals surface area contributed by atoms with Crippen molar-refractivity contribution in [3.8, 4) is 6.07 Å². The predicted molar refractivity (Wildman–Crippen MR) is 52.3 cm³/mol. The second-order valence-corrected chi connectivity index (χ2v) is 3.79. The van der Waals surface area contributed by atoms with Crippen LogP contribution < -0.4 is 5.73 Å². The lowest BCUT2D eigenvalue weighted by molar-refractivity contribution is -0.152. The second kappa shape index (κ2) is 5.03. The molecule has 1 unspecified atom stereocenters. The van der Waals surface area contributed by atoms with Gasteiger partial charge in [-0.05, 0) is 0 Å². The predicted octanol–water partition coefficient (Wildman–Crippen LogP) is 1.85. The molecule has 0 saturated heterocycles. The maximum atomic E-state index is 12.2. The Kier molecular flexibility index (Phi) is 3.95. The molecule has 86 valence electrons. The van der Waals surface area contributed by atoms with Gasteiger partial charge in [0.25, 0.3) is 0 Å². The zero-order chi connectivity index (χ0) is 12.2. The molecule has 0 aliphatic carbocycles. The molecule has 0 bridgehead atoms. The van der Waals surface area contributed by atoms with E-state index in [-0.39, 0.29) is 10.8 Å². The number of nitrogens with zero attached hydrogens (tertiary/aromatic N) is 3. The van der Waals surface area contributed by atoms with E-state index in [2.05, 4.69) is 9.97 Å². The summed E-state index contributed by atoms with van der Waals surface area (Å²) in [5, 5.41) is 8.56. The van der Waals surface area contributed by atoms with Gasteiger partial charge in [0.15, 0.2) is 11.7 Å². The summed E-state index contributed by atoms with van der Waals surface area (Å²) >= 11 is 0.765. The number of nitrogens with two attached hydrogens (primary N) is 1. The second-order valence-electron chi connectivity index (χ2n) is 2.78. The number of alkyl halides is 3. The topological polar surface area (TPSA) is 75.6 Å². The number of hydrogen-bond donors (Lipinski definition) is 1. The van der Waals surface area contributed by atoms with Crippen molar-refractivity contribution in [2.45, 2.75) is 11.2 Å². The fourth-order valence-electron chi connectivity index (χ4n) is 0.814. The monoisotopic (exact) mass is 248 g/mol. The summed E-state index contributed by atoms with van der Waals surface area (Å²) < 4.78 is 36.7. The van der Waals surface area contributed by atoms with Gasteiger partial charge in [-0.3, -0.25) is 0 Å². The van der Waals surface area contributed by atoms with Gasteiger partial charge in [-0.1, -0.05) is 0 Å². The highest BCUT2D eigenvalue weighted by atomic mass is 32.2. The van der Waals surface area contributed by atoms with Gasteiger partial charge < -0.3 is 5.73 Å². The largest absolute Gasteiger partial charge is 0.405 e. The summed E-state index contributed by atoms with van der Waals surface area (Å²) in [7, 11) is 0. The molecule has 1 aromatic heterocycles. The van der Waals surface area contributed by atoms with E-state index in [0.717, 1.165) is 11.8 Å². The van der Waals surface area contributed by atoms with Crippen LogP contribution in [0.25, 0.3) is 0 Å². The Morgan fingerprint density at radius 1 is 1.44 bits per heavy atom. The van der Waals surface area contributed by atoms with Gasteiger partial charge in [0.2, 0.25) is 0 Å². The van der Waals surface area contributed by atoms with Crippen LogP contribution in [0.4, 0.5) is 19.0 Å². The fourth-order valence-corrected chi connectivity index (χ4v) is 1.74. The highest BCUT2D eigenvalue weighted by molar-refractivity contribution is 7.99. The highest BCUT2D eigenvalue weighted by Crippen LogP contribution is 2.31. The maximum absolute atomic E-state index is 12.2. The Morgan fingerprint density at radius 3 is 2.56 bits per heavy atom. The Morgan fingerprint density at radius 2 is 2.06 bits per heavy atom. The van der Waals surface area contributed by atoms with Crippen molar-refractivity contribution in [3.05, 3.63) is 12.4 Å². The molecule has 4 nitrogen and oxygen atoms in total. The van der Waals surface area contributed by atoms with Crippen LogP contribution in [0.15, 0.2) is 17.4 Å². The molecule has 0 saturated carbocycles. The van der Waals surface area contributed by atoms with Crippen LogP contribution in [-0.2, 0) is 0 Å². The number of halogens is 3. The molecule has 0 fully saturated rings. The van der Waals surface area contributed by atoms with E-state index in [1.165, 1.54) is 18.5 Å². The van der Waals surface area contributed by atoms with Gasteiger partial charge in [0, 0.05) is 18.1 Å². The first-order valence-corrected chi connectivity index (χ1v) is 5.09. The van der Waals surface area contributed by atoms with Crippen LogP contribution >= 0.6 is 11.8 Å². The van der Waals surface area contributed by atoms with Crippen molar-refractivity contribution in [1.29, 1.82) is 5.26 Å². The quantitative estimate of drug-likeness (QED) is 0.826. The zero-order valence-corrected chi connectivity index (χ0v) is 8.72. The van der Waals surface area contributed by atoms with Gasteiger partial charge in [0.1, 0.15) is 5.03 Å². The molecule has 0 spiro atoms. The SMILES string of the molecule is N#CC(CSc1nccnc1N)C(F)(F)F. The number of thioether (sulfide) groups is 1. The van der Waals surface area contributed by atoms with E-state index in [1.54, 1.807) is 0 Å². The standard InChI is InChI=1S/C8H7F3N4S/c9-8(10,11)5(3-12)4-16-7-6(13)14-1-2-15-7/h1-2,5H,4H2,(H2,13,14). The minimum atomic E-state index is -4.53. The maximum Gasteiger partial charge on any atom is 0.405 e. The average molecular weight is 248 g/mol. The van der Waals surface area contributed by atoms with Gasteiger partial charge >= 0.3 is 6.18 Å². The molecular weight excluding hydrogens is 241 g/mol. The van der Waals surface area contributed by atoms with Crippen LogP contribution in [-0.4, -0.2) is 21.9 Å². The molecule has 16 heavy (non-hydrogen) atoms. The van der Waals surface area contributed by atoms with E-state index in [9.17, 15) is 13.2 Å². The van der Waals surface area contributed by atoms with E-state index in [4.69, 9.17) is 11.0 Å². The van der Waals surface area contributed by atoms with Crippen molar-refractivity contribution in [2.75, 3.05) is 11.5 Å². The number of nitriles is 1. The summed E-state index contributed by atoms with van der Waals surface area (Å²) in [6.07, 6.45) is -1.86. The Labute approximate surface area is 93.7 Å². The van der Waals surface area contributed by atoms with Crippen LogP contribution in [0.1, 0.15) is 0 Å². The Balaban J connectivity index is 2.65. The minimum absolute atomic E-state index is 0.0614. The molecule has 1 rings (SSSR count). The molecule has 1 heterocycles. The van der Waals surface area contributed by atoms with Crippen molar-refractivity contribution in [2.24, 2.45) is 5.92 Å². The number of anilines is 1. The summed E-state index contributed by atoms with van der Waals surface area (Å²) in [6.45, 7) is 0. The third kappa shape index (κ3) is 3.27. The first-order valence-electron chi connectivity index (χ1n) is 4.10. The summed E-state index contributed by atoms with van der Waals surface area (Å²) in [5.74, 6) is -2.41. The van der Waals surface area contributed by atoms with Crippen molar-refractivity contribution >= 4 is 17.6 Å². The summed E-state index contributed by atoms with van der Waals surface area (Å²) in [4.78, 5) is 7.44.